The first-order chi connectivity index (χ1) is 11.5. The van der Waals surface area contributed by atoms with E-state index in [-0.39, 0.29) is 0 Å². The second kappa shape index (κ2) is 8.08. The number of allylic oxidation sites excluding steroid dienone is 4. The van der Waals surface area contributed by atoms with Crippen molar-refractivity contribution in [2.75, 3.05) is 13.1 Å². The molecule has 2 N–H and O–H groups in total. The molecule has 1 aliphatic rings. The molecule has 1 heterocycles. The van der Waals surface area contributed by atoms with Gasteiger partial charge in [0.25, 0.3) is 5.91 Å². The summed E-state index contributed by atoms with van der Waals surface area (Å²) in [5.41, 5.74) is 1.72. The number of fused-ring (bicyclic) bond motifs is 1. The first kappa shape index (κ1) is 18.2. The molecule has 0 unspecified atom stereocenters. The van der Waals surface area contributed by atoms with Crippen molar-refractivity contribution < 1.29 is 9.90 Å². The van der Waals surface area contributed by atoms with Crippen molar-refractivity contribution in [2.24, 2.45) is 0 Å². The van der Waals surface area contributed by atoms with Crippen molar-refractivity contribution in [1.29, 1.82) is 0 Å². The molecule has 0 radical (unpaired) electrons. The molecule has 24 heavy (non-hydrogen) atoms. The highest BCUT2D eigenvalue weighted by atomic mass is 16.3. The van der Waals surface area contributed by atoms with Crippen LogP contribution in [0.3, 0.4) is 0 Å². The Kier molecular flexibility index (Phi) is 6.12. The van der Waals surface area contributed by atoms with Gasteiger partial charge in [-0.05, 0) is 43.5 Å². The molecule has 0 bridgehead atoms. The molecule has 0 spiro atoms. The van der Waals surface area contributed by atoms with E-state index in [1.165, 1.54) is 11.1 Å². The molecule has 0 saturated carbocycles. The zero-order valence-electron chi connectivity index (χ0n) is 14.5. The SMILES string of the molecule is C=C/C(=C\C=C/C)NC(=O)[C@@](C)(O)CN1CCc2ccccc2C1. The highest BCUT2D eigenvalue weighted by Gasteiger charge is 2.33. The van der Waals surface area contributed by atoms with E-state index in [4.69, 9.17) is 0 Å². The standard InChI is InChI=1S/C20H26N2O2/c1-4-6-11-18(5-2)21-19(23)20(3,24)15-22-13-12-16-9-7-8-10-17(16)14-22/h4-11,24H,2,12-15H2,1,3H3,(H,21,23)/b6-4-,18-11+/t20-/m0/s1. The molecular formula is C20H26N2O2. The van der Waals surface area contributed by atoms with Crippen LogP contribution < -0.4 is 5.32 Å². The molecule has 1 aromatic carbocycles. The number of rotatable bonds is 6. The van der Waals surface area contributed by atoms with Gasteiger partial charge in [0.1, 0.15) is 0 Å². The maximum absolute atomic E-state index is 12.4. The van der Waals surface area contributed by atoms with Gasteiger partial charge in [-0.25, -0.2) is 0 Å². The van der Waals surface area contributed by atoms with Crippen molar-refractivity contribution in [2.45, 2.75) is 32.4 Å². The van der Waals surface area contributed by atoms with E-state index in [0.717, 1.165) is 19.5 Å². The first-order valence-corrected chi connectivity index (χ1v) is 8.24. The molecule has 0 fully saturated rings. The monoisotopic (exact) mass is 326 g/mol. The van der Waals surface area contributed by atoms with Gasteiger partial charge in [-0.1, -0.05) is 43.0 Å². The Hall–Kier alpha value is -2.17. The normalized spacial score (nSPS) is 18.0. The summed E-state index contributed by atoms with van der Waals surface area (Å²) in [5.74, 6) is -0.419. The summed E-state index contributed by atoms with van der Waals surface area (Å²) in [6.07, 6.45) is 7.92. The van der Waals surface area contributed by atoms with Crippen molar-refractivity contribution >= 4 is 5.91 Å². The third-order valence-corrected chi connectivity index (χ3v) is 4.18. The number of nitrogens with one attached hydrogen (secondary N) is 1. The highest BCUT2D eigenvalue weighted by molar-refractivity contribution is 5.86. The summed E-state index contributed by atoms with van der Waals surface area (Å²) in [6, 6.07) is 8.31. The number of carbonyl (C=O) groups excluding carboxylic acids is 1. The van der Waals surface area contributed by atoms with Crippen molar-refractivity contribution in [1.82, 2.24) is 10.2 Å². The van der Waals surface area contributed by atoms with Gasteiger partial charge in [0.15, 0.2) is 5.60 Å². The quantitative estimate of drug-likeness (QED) is 0.790. The lowest BCUT2D eigenvalue weighted by Crippen LogP contribution is -2.52. The van der Waals surface area contributed by atoms with E-state index in [0.29, 0.717) is 12.2 Å². The lowest BCUT2D eigenvalue weighted by Gasteiger charge is -2.34. The molecule has 1 atom stereocenters. The summed E-state index contributed by atoms with van der Waals surface area (Å²) in [7, 11) is 0. The molecule has 0 aromatic heterocycles. The van der Waals surface area contributed by atoms with Crippen LogP contribution in [-0.2, 0) is 17.8 Å². The average molecular weight is 326 g/mol. The van der Waals surface area contributed by atoms with Crippen molar-refractivity contribution in [3.63, 3.8) is 0 Å². The van der Waals surface area contributed by atoms with Crippen molar-refractivity contribution in [3.05, 3.63) is 72.0 Å². The number of carbonyl (C=O) groups is 1. The lowest BCUT2D eigenvalue weighted by molar-refractivity contribution is -0.139. The van der Waals surface area contributed by atoms with E-state index in [9.17, 15) is 9.90 Å². The largest absolute Gasteiger partial charge is 0.379 e. The minimum atomic E-state index is -1.47. The maximum atomic E-state index is 12.4. The molecule has 128 valence electrons. The second-order valence-corrected chi connectivity index (χ2v) is 6.31. The minimum Gasteiger partial charge on any atom is -0.379 e. The molecule has 1 aliphatic heterocycles. The van der Waals surface area contributed by atoms with Gasteiger partial charge in [0, 0.05) is 25.3 Å². The van der Waals surface area contributed by atoms with Crippen LogP contribution in [-0.4, -0.2) is 34.6 Å². The van der Waals surface area contributed by atoms with E-state index < -0.39 is 11.5 Å². The van der Waals surface area contributed by atoms with Crippen molar-refractivity contribution in [3.8, 4) is 0 Å². The maximum Gasteiger partial charge on any atom is 0.257 e. The Morgan fingerprint density at radius 1 is 1.42 bits per heavy atom. The fourth-order valence-corrected chi connectivity index (χ4v) is 2.82. The van der Waals surface area contributed by atoms with Crippen LogP contribution in [0.15, 0.2) is 60.8 Å². The van der Waals surface area contributed by atoms with Crippen LogP contribution in [0.2, 0.25) is 0 Å². The summed E-state index contributed by atoms with van der Waals surface area (Å²) in [6.45, 7) is 9.01. The molecule has 1 aromatic rings. The summed E-state index contributed by atoms with van der Waals surface area (Å²) < 4.78 is 0. The third-order valence-electron chi connectivity index (χ3n) is 4.18. The van der Waals surface area contributed by atoms with Crippen LogP contribution in [0.25, 0.3) is 0 Å². The van der Waals surface area contributed by atoms with E-state index >= 15 is 0 Å². The highest BCUT2D eigenvalue weighted by Crippen LogP contribution is 2.20. The van der Waals surface area contributed by atoms with Gasteiger partial charge in [-0.3, -0.25) is 9.69 Å². The van der Waals surface area contributed by atoms with Crippen LogP contribution in [0, 0.1) is 0 Å². The smallest absolute Gasteiger partial charge is 0.257 e. The number of hydrogen-bond acceptors (Lipinski definition) is 3. The Balaban J connectivity index is 2.00. The fraction of sp³-hybridized carbons (Fsp3) is 0.350. The first-order valence-electron chi connectivity index (χ1n) is 8.24. The van der Waals surface area contributed by atoms with Gasteiger partial charge < -0.3 is 10.4 Å². The lowest BCUT2D eigenvalue weighted by atomic mass is 9.97. The number of β-amino-alcohol motifs (C(OH)–C–C–N with tert-alkyl or cyclic N) is 1. The molecule has 0 saturated heterocycles. The number of hydrogen-bond donors (Lipinski definition) is 2. The summed E-state index contributed by atoms with van der Waals surface area (Å²) >= 11 is 0. The zero-order valence-corrected chi connectivity index (χ0v) is 14.5. The molecule has 2 rings (SSSR count). The fourth-order valence-electron chi connectivity index (χ4n) is 2.82. The Labute approximate surface area is 144 Å². The van der Waals surface area contributed by atoms with Gasteiger partial charge >= 0.3 is 0 Å². The number of benzene rings is 1. The van der Waals surface area contributed by atoms with E-state index in [1.807, 2.05) is 31.2 Å². The number of aliphatic hydroxyl groups is 1. The molecule has 4 heteroatoms. The summed E-state index contributed by atoms with van der Waals surface area (Å²) in [4.78, 5) is 14.5. The van der Waals surface area contributed by atoms with E-state index in [2.05, 4.69) is 28.9 Å². The third kappa shape index (κ3) is 4.66. The minimum absolute atomic E-state index is 0.293. The topological polar surface area (TPSA) is 52.6 Å². The second-order valence-electron chi connectivity index (χ2n) is 6.31. The Morgan fingerprint density at radius 2 is 2.12 bits per heavy atom. The van der Waals surface area contributed by atoms with Crippen LogP contribution >= 0.6 is 0 Å². The zero-order chi connectivity index (χ0) is 17.6. The average Bonchev–Trinajstić information content (AvgIpc) is 2.57. The Bertz CT molecular complexity index is 659. The summed E-state index contributed by atoms with van der Waals surface area (Å²) in [5, 5.41) is 13.3. The number of nitrogens with zero attached hydrogens (tertiary/aromatic N) is 1. The van der Waals surface area contributed by atoms with Gasteiger partial charge in [0.2, 0.25) is 0 Å². The van der Waals surface area contributed by atoms with E-state index in [1.54, 1.807) is 19.1 Å². The molecule has 1 amide bonds. The van der Waals surface area contributed by atoms with Crippen LogP contribution in [0.1, 0.15) is 25.0 Å². The molecule has 0 aliphatic carbocycles. The molecular weight excluding hydrogens is 300 g/mol. The van der Waals surface area contributed by atoms with Gasteiger partial charge in [-0.15, -0.1) is 0 Å². The molecule has 4 nitrogen and oxygen atoms in total. The van der Waals surface area contributed by atoms with Gasteiger partial charge in [0.05, 0.1) is 0 Å². The predicted octanol–water partition coefficient (Wildman–Crippen LogP) is 2.56. The predicted molar refractivity (Wildman–Crippen MR) is 97.3 cm³/mol. The van der Waals surface area contributed by atoms with Crippen LogP contribution in [0.4, 0.5) is 0 Å². The Morgan fingerprint density at radius 3 is 2.79 bits per heavy atom. The van der Waals surface area contributed by atoms with Crippen LogP contribution in [0.5, 0.6) is 0 Å². The van der Waals surface area contributed by atoms with Gasteiger partial charge in [-0.2, -0.15) is 0 Å². The number of amides is 1.